The van der Waals surface area contributed by atoms with Crippen molar-refractivity contribution in [2.24, 2.45) is 0 Å². The number of aromatic nitrogens is 3. The summed E-state index contributed by atoms with van der Waals surface area (Å²) in [7, 11) is 4.02. The number of ketones is 1. The van der Waals surface area contributed by atoms with Crippen LogP contribution in [0.15, 0.2) is 6.33 Å². The van der Waals surface area contributed by atoms with Crippen molar-refractivity contribution < 1.29 is 4.79 Å². The predicted molar refractivity (Wildman–Crippen MR) is 69.3 cm³/mol. The molecule has 1 saturated carbocycles. The van der Waals surface area contributed by atoms with E-state index in [9.17, 15) is 4.79 Å². The molecule has 2 rings (SSSR count). The summed E-state index contributed by atoms with van der Waals surface area (Å²) < 4.78 is 1.80. The van der Waals surface area contributed by atoms with Crippen molar-refractivity contribution in [3.05, 3.63) is 12.2 Å². The lowest BCUT2D eigenvalue weighted by atomic mass is 9.88. The Kier molecular flexibility index (Phi) is 3.80. The number of nitrogens with zero attached hydrogens (tertiary/aromatic N) is 4. The highest BCUT2D eigenvalue weighted by Crippen LogP contribution is 2.35. The molecule has 0 amide bonds. The van der Waals surface area contributed by atoms with E-state index in [4.69, 9.17) is 0 Å². The maximum Gasteiger partial charge on any atom is 0.160 e. The van der Waals surface area contributed by atoms with Crippen LogP contribution >= 0.6 is 0 Å². The summed E-state index contributed by atoms with van der Waals surface area (Å²) in [6.45, 7) is 2.78. The SMILES string of the molecule is CCn1ncnc1CC(=O)C1(N(C)C)CCCC1. The van der Waals surface area contributed by atoms with E-state index < -0.39 is 0 Å². The van der Waals surface area contributed by atoms with Gasteiger partial charge in [0.25, 0.3) is 0 Å². The Morgan fingerprint density at radius 2 is 2.11 bits per heavy atom. The van der Waals surface area contributed by atoms with E-state index in [-0.39, 0.29) is 11.3 Å². The van der Waals surface area contributed by atoms with Crippen LogP contribution in [0.1, 0.15) is 38.4 Å². The van der Waals surface area contributed by atoms with Gasteiger partial charge in [-0.1, -0.05) is 12.8 Å². The summed E-state index contributed by atoms with van der Waals surface area (Å²) in [5, 5.41) is 4.12. The first-order valence-electron chi connectivity index (χ1n) is 6.67. The van der Waals surface area contributed by atoms with Crippen LogP contribution in [0.2, 0.25) is 0 Å². The molecule has 0 aromatic carbocycles. The molecule has 0 atom stereocenters. The summed E-state index contributed by atoms with van der Waals surface area (Å²) in [6.07, 6.45) is 6.15. The number of Topliss-reactive ketones (excluding diaryl/α,β-unsaturated/α-hetero) is 1. The van der Waals surface area contributed by atoms with Crippen LogP contribution in [0.25, 0.3) is 0 Å². The minimum atomic E-state index is -0.273. The van der Waals surface area contributed by atoms with Crippen molar-refractivity contribution in [3.63, 3.8) is 0 Å². The Labute approximate surface area is 108 Å². The van der Waals surface area contributed by atoms with E-state index >= 15 is 0 Å². The van der Waals surface area contributed by atoms with E-state index in [2.05, 4.69) is 15.0 Å². The van der Waals surface area contributed by atoms with E-state index in [0.717, 1.165) is 38.1 Å². The van der Waals surface area contributed by atoms with Gasteiger partial charge in [0.15, 0.2) is 5.78 Å². The van der Waals surface area contributed by atoms with Gasteiger partial charge in [-0.3, -0.25) is 9.69 Å². The molecule has 0 radical (unpaired) electrons. The van der Waals surface area contributed by atoms with E-state index in [0.29, 0.717) is 6.42 Å². The molecular weight excluding hydrogens is 228 g/mol. The molecule has 1 aromatic heterocycles. The summed E-state index contributed by atoms with van der Waals surface area (Å²) in [5.74, 6) is 1.07. The predicted octanol–water partition coefficient (Wildman–Crippen LogP) is 1.28. The lowest BCUT2D eigenvalue weighted by molar-refractivity contribution is -0.129. The highest BCUT2D eigenvalue weighted by molar-refractivity contribution is 5.90. The first kappa shape index (κ1) is 13.2. The Morgan fingerprint density at radius 1 is 1.44 bits per heavy atom. The second kappa shape index (κ2) is 5.18. The average molecular weight is 250 g/mol. The second-order valence-corrected chi connectivity index (χ2v) is 5.23. The van der Waals surface area contributed by atoms with Crippen LogP contribution in [-0.2, 0) is 17.8 Å². The van der Waals surface area contributed by atoms with Crippen molar-refractivity contribution >= 4 is 5.78 Å². The quantitative estimate of drug-likeness (QED) is 0.790. The van der Waals surface area contributed by atoms with E-state index in [1.807, 2.05) is 21.0 Å². The van der Waals surface area contributed by atoms with Crippen LogP contribution in [0.5, 0.6) is 0 Å². The molecule has 1 aliphatic rings. The lowest BCUT2D eigenvalue weighted by Gasteiger charge is -2.34. The summed E-state index contributed by atoms with van der Waals surface area (Å²) in [4.78, 5) is 18.9. The first-order chi connectivity index (χ1) is 8.60. The number of hydrogen-bond donors (Lipinski definition) is 0. The molecule has 18 heavy (non-hydrogen) atoms. The van der Waals surface area contributed by atoms with Crippen molar-refractivity contribution in [2.75, 3.05) is 14.1 Å². The van der Waals surface area contributed by atoms with Crippen LogP contribution in [0.4, 0.5) is 0 Å². The number of likely N-dealkylation sites (N-methyl/N-ethyl adjacent to an activating group) is 1. The fourth-order valence-corrected chi connectivity index (χ4v) is 2.93. The molecule has 0 bridgehead atoms. The zero-order valence-electron chi connectivity index (χ0n) is 11.5. The Bertz CT molecular complexity index is 418. The van der Waals surface area contributed by atoms with Gasteiger partial charge in [0.05, 0.1) is 12.0 Å². The maximum atomic E-state index is 12.6. The molecule has 100 valence electrons. The standard InChI is InChI=1S/C13H22N4O/c1-4-17-12(14-10-15-17)9-11(18)13(16(2)3)7-5-6-8-13/h10H,4-9H2,1-3H3. The van der Waals surface area contributed by atoms with Gasteiger partial charge < -0.3 is 0 Å². The average Bonchev–Trinajstić information content (AvgIpc) is 2.97. The minimum absolute atomic E-state index is 0.273. The highest BCUT2D eigenvalue weighted by Gasteiger charge is 2.42. The van der Waals surface area contributed by atoms with Gasteiger partial charge in [-0.15, -0.1) is 0 Å². The smallest absolute Gasteiger partial charge is 0.160 e. The van der Waals surface area contributed by atoms with Gasteiger partial charge in [0.2, 0.25) is 0 Å². The molecule has 0 N–H and O–H groups in total. The number of rotatable bonds is 5. The maximum absolute atomic E-state index is 12.6. The molecule has 1 fully saturated rings. The third-order valence-corrected chi connectivity index (χ3v) is 4.12. The van der Waals surface area contributed by atoms with Gasteiger partial charge in [0, 0.05) is 6.54 Å². The minimum Gasteiger partial charge on any atom is -0.297 e. The van der Waals surface area contributed by atoms with Crippen molar-refractivity contribution in [2.45, 2.75) is 51.1 Å². The van der Waals surface area contributed by atoms with Gasteiger partial charge in [-0.05, 0) is 33.9 Å². The molecule has 0 aliphatic heterocycles. The van der Waals surface area contributed by atoms with E-state index in [1.165, 1.54) is 6.33 Å². The Morgan fingerprint density at radius 3 is 2.67 bits per heavy atom. The fourth-order valence-electron chi connectivity index (χ4n) is 2.93. The van der Waals surface area contributed by atoms with Crippen LogP contribution in [0, 0.1) is 0 Å². The van der Waals surface area contributed by atoms with Crippen molar-refractivity contribution in [1.82, 2.24) is 19.7 Å². The summed E-state index contributed by atoms with van der Waals surface area (Å²) in [6, 6.07) is 0. The Hall–Kier alpha value is -1.23. The lowest BCUT2D eigenvalue weighted by Crippen LogP contribution is -2.49. The first-order valence-corrected chi connectivity index (χ1v) is 6.67. The molecule has 0 spiro atoms. The van der Waals surface area contributed by atoms with Crippen molar-refractivity contribution in [1.29, 1.82) is 0 Å². The van der Waals surface area contributed by atoms with Gasteiger partial charge in [-0.25, -0.2) is 9.67 Å². The number of aryl methyl sites for hydroxylation is 1. The van der Waals surface area contributed by atoms with Crippen LogP contribution in [-0.4, -0.2) is 45.1 Å². The number of carbonyl (C=O) groups excluding carboxylic acids is 1. The normalized spacial score (nSPS) is 18.4. The molecule has 5 heteroatoms. The molecule has 0 unspecified atom stereocenters. The zero-order chi connectivity index (χ0) is 13.2. The summed E-state index contributed by atoms with van der Waals surface area (Å²) in [5.41, 5.74) is -0.273. The molecule has 1 aromatic rings. The molecule has 1 heterocycles. The van der Waals surface area contributed by atoms with Crippen LogP contribution < -0.4 is 0 Å². The van der Waals surface area contributed by atoms with Crippen LogP contribution in [0.3, 0.4) is 0 Å². The molecule has 0 saturated heterocycles. The number of hydrogen-bond acceptors (Lipinski definition) is 4. The zero-order valence-corrected chi connectivity index (χ0v) is 11.5. The Balaban J connectivity index is 2.16. The van der Waals surface area contributed by atoms with E-state index in [1.54, 1.807) is 4.68 Å². The largest absolute Gasteiger partial charge is 0.297 e. The highest BCUT2D eigenvalue weighted by atomic mass is 16.1. The fraction of sp³-hybridized carbons (Fsp3) is 0.769. The molecular formula is C13H22N4O. The number of carbonyl (C=O) groups is 1. The van der Waals surface area contributed by atoms with Gasteiger partial charge in [0.1, 0.15) is 12.2 Å². The molecule has 1 aliphatic carbocycles. The third kappa shape index (κ3) is 2.19. The summed E-state index contributed by atoms with van der Waals surface area (Å²) >= 11 is 0. The van der Waals surface area contributed by atoms with Gasteiger partial charge >= 0.3 is 0 Å². The van der Waals surface area contributed by atoms with Crippen molar-refractivity contribution in [3.8, 4) is 0 Å². The molecule has 5 nitrogen and oxygen atoms in total. The third-order valence-electron chi connectivity index (χ3n) is 4.12. The second-order valence-electron chi connectivity index (χ2n) is 5.23. The van der Waals surface area contributed by atoms with Gasteiger partial charge in [-0.2, -0.15) is 5.10 Å². The topological polar surface area (TPSA) is 51.0 Å². The monoisotopic (exact) mass is 250 g/mol.